The number of phenolic OH excluding ortho intramolecular Hbond substituents is 1. The van der Waals surface area contributed by atoms with Crippen LogP contribution in [0.3, 0.4) is 0 Å². The number of aromatic hydroxyl groups is 1. The van der Waals surface area contributed by atoms with E-state index in [4.69, 9.17) is 0 Å². The molecule has 0 aliphatic carbocycles. The molecular formula is C23H17NO2. The van der Waals surface area contributed by atoms with Crippen molar-refractivity contribution in [2.75, 3.05) is 5.32 Å². The summed E-state index contributed by atoms with van der Waals surface area (Å²) < 4.78 is 0. The monoisotopic (exact) mass is 339 g/mol. The van der Waals surface area contributed by atoms with Crippen LogP contribution in [-0.2, 0) is 0 Å². The van der Waals surface area contributed by atoms with Crippen molar-refractivity contribution in [3.63, 3.8) is 0 Å². The second kappa shape index (κ2) is 6.73. The standard InChI is InChI=1S/C23H17NO2/c25-21-15-12-18-8-4-5-9-20(18)22(21)23(26)24-19-13-10-17(11-14-19)16-6-2-1-3-7-16/h1-15,25H,(H,24,26). The van der Waals surface area contributed by atoms with Crippen molar-refractivity contribution in [2.24, 2.45) is 0 Å². The quantitative estimate of drug-likeness (QED) is 0.520. The minimum atomic E-state index is -0.327. The first-order valence-corrected chi connectivity index (χ1v) is 8.40. The highest BCUT2D eigenvalue weighted by Gasteiger charge is 2.15. The molecule has 126 valence electrons. The predicted octanol–water partition coefficient (Wildman–Crippen LogP) is 5.46. The average molecular weight is 339 g/mol. The van der Waals surface area contributed by atoms with Crippen LogP contribution in [0.1, 0.15) is 10.4 Å². The third-order valence-corrected chi connectivity index (χ3v) is 4.38. The maximum absolute atomic E-state index is 12.7. The summed E-state index contributed by atoms with van der Waals surface area (Å²) in [6, 6.07) is 28.6. The van der Waals surface area contributed by atoms with E-state index in [0.29, 0.717) is 5.69 Å². The largest absolute Gasteiger partial charge is 0.507 e. The smallest absolute Gasteiger partial charge is 0.260 e. The number of amides is 1. The molecular weight excluding hydrogens is 322 g/mol. The van der Waals surface area contributed by atoms with E-state index in [1.807, 2.05) is 78.9 Å². The van der Waals surface area contributed by atoms with E-state index in [-0.39, 0.29) is 17.2 Å². The number of nitrogens with one attached hydrogen (secondary N) is 1. The molecule has 3 heteroatoms. The maximum atomic E-state index is 12.7. The van der Waals surface area contributed by atoms with Gasteiger partial charge in [-0.15, -0.1) is 0 Å². The van der Waals surface area contributed by atoms with Gasteiger partial charge in [0.15, 0.2) is 0 Å². The van der Waals surface area contributed by atoms with E-state index in [2.05, 4.69) is 5.32 Å². The van der Waals surface area contributed by atoms with Gasteiger partial charge < -0.3 is 10.4 Å². The van der Waals surface area contributed by atoms with Crippen molar-refractivity contribution < 1.29 is 9.90 Å². The second-order valence-electron chi connectivity index (χ2n) is 6.08. The molecule has 0 aromatic heterocycles. The van der Waals surface area contributed by atoms with Crippen molar-refractivity contribution in [1.82, 2.24) is 0 Å². The number of fused-ring (bicyclic) bond motifs is 1. The summed E-state index contributed by atoms with van der Waals surface area (Å²) >= 11 is 0. The second-order valence-corrected chi connectivity index (χ2v) is 6.08. The Balaban J connectivity index is 1.62. The summed E-state index contributed by atoms with van der Waals surface area (Å²) in [7, 11) is 0. The van der Waals surface area contributed by atoms with Gasteiger partial charge in [0.2, 0.25) is 0 Å². The van der Waals surface area contributed by atoms with Crippen LogP contribution >= 0.6 is 0 Å². The Morgan fingerprint density at radius 2 is 1.35 bits per heavy atom. The number of phenols is 1. The van der Waals surface area contributed by atoms with Crippen LogP contribution in [0.15, 0.2) is 91.0 Å². The summed E-state index contributed by atoms with van der Waals surface area (Å²) in [5, 5.41) is 14.7. The molecule has 0 saturated carbocycles. The maximum Gasteiger partial charge on any atom is 0.260 e. The van der Waals surface area contributed by atoms with Crippen LogP contribution in [0.5, 0.6) is 5.75 Å². The number of carbonyl (C=O) groups is 1. The molecule has 0 aliphatic heterocycles. The van der Waals surface area contributed by atoms with Gasteiger partial charge in [0, 0.05) is 5.69 Å². The molecule has 2 N–H and O–H groups in total. The summed E-state index contributed by atoms with van der Waals surface area (Å²) in [6.07, 6.45) is 0. The van der Waals surface area contributed by atoms with Crippen molar-refractivity contribution in [3.8, 4) is 16.9 Å². The first kappa shape index (κ1) is 15.9. The Hall–Kier alpha value is -3.59. The summed E-state index contributed by atoms with van der Waals surface area (Å²) in [5.74, 6) is -0.353. The van der Waals surface area contributed by atoms with E-state index in [0.717, 1.165) is 21.9 Å². The molecule has 0 radical (unpaired) electrons. The molecule has 0 fully saturated rings. The van der Waals surface area contributed by atoms with Crippen LogP contribution in [-0.4, -0.2) is 11.0 Å². The van der Waals surface area contributed by atoms with E-state index in [1.165, 1.54) is 0 Å². The van der Waals surface area contributed by atoms with Crippen LogP contribution in [0.2, 0.25) is 0 Å². The van der Waals surface area contributed by atoms with Gasteiger partial charge in [0.25, 0.3) is 5.91 Å². The third-order valence-electron chi connectivity index (χ3n) is 4.38. The lowest BCUT2D eigenvalue weighted by atomic mass is 10.0. The van der Waals surface area contributed by atoms with Gasteiger partial charge in [-0.3, -0.25) is 4.79 Å². The predicted molar refractivity (Wildman–Crippen MR) is 105 cm³/mol. The fourth-order valence-corrected chi connectivity index (χ4v) is 3.07. The molecule has 0 heterocycles. The Bertz CT molecular complexity index is 1070. The van der Waals surface area contributed by atoms with Gasteiger partial charge in [-0.2, -0.15) is 0 Å². The third kappa shape index (κ3) is 3.03. The van der Waals surface area contributed by atoms with Crippen LogP contribution in [0, 0.1) is 0 Å². The van der Waals surface area contributed by atoms with Crippen LogP contribution in [0.25, 0.3) is 21.9 Å². The minimum Gasteiger partial charge on any atom is -0.507 e. The minimum absolute atomic E-state index is 0.0258. The molecule has 0 unspecified atom stereocenters. The number of hydrogen-bond acceptors (Lipinski definition) is 2. The van der Waals surface area contributed by atoms with Crippen molar-refractivity contribution in [1.29, 1.82) is 0 Å². The lowest BCUT2D eigenvalue weighted by molar-refractivity contribution is 0.102. The number of anilines is 1. The lowest BCUT2D eigenvalue weighted by Crippen LogP contribution is -2.12. The van der Waals surface area contributed by atoms with E-state index >= 15 is 0 Å². The zero-order valence-electron chi connectivity index (χ0n) is 14.0. The number of carbonyl (C=O) groups excluding carboxylic acids is 1. The number of rotatable bonds is 3. The Kier molecular flexibility index (Phi) is 4.12. The van der Waals surface area contributed by atoms with Gasteiger partial charge >= 0.3 is 0 Å². The number of hydrogen-bond donors (Lipinski definition) is 2. The molecule has 0 atom stereocenters. The summed E-state index contributed by atoms with van der Waals surface area (Å²) in [4.78, 5) is 12.7. The molecule has 0 bridgehead atoms. The molecule has 0 spiro atoms. The summed E-state index contributed by atoms with van der Waals surface area (Å²) in [5.41, 5.74) is 3.17. The normalized spacial score (nSPS) is 10.6. The van der Waals surface area contributed by atoms with Crippen LogP contribution in [0.4, 0.5) is 5.69 Å². The molecule has 3 nitrogen and oxygen atoms in total. The average Bonchev–Trinajstić information content (AvgIpc) is 2.69. The topological polar surface area (TPSA) is 49.3 Å². The van der Waals surface area contributed by atoms with E-state index in [9.17, 15) is 9.90 Å². The Morgan fingerprint density at radius 1 is 0.692 bits per heavy atom. The van der Waals surface area contributed by atoms with E-state index in [1.54, 1.807) is 12.1 Å². The first-order chi connectivity index (χ1) is 12.7. The molecule has 4 aromatic rings. The van der Waals surface area contributed by atoms with Crippen molar-refractivity contribution in [3.05, 3.63) is 96.6 Å². The van der Waals surface area contributed by atoms with Gasteiger partial charge in [0.1, 0.15) is 5.75 Å². The molecule has 0 saturated heterocycles. The first-order valence-electron chi connectivity index (χ1n) is 8.40. The van der Waals surface area contributed by atoms with Gasteiger partial charge in [-0.25, -0.2) is 0 Å². The fourth-order valence-electron chi connectivity index (χ4n) is 3.07. The van der Waals surface area contributed by atoms with Gasteiger partial charge in [-0.05, 0) is 40.1 Å². The van der Waals surface area contributed by atoms with Crippen molar-refractivity contribution in [2.45, 2.75) is 0 Å². The molecule has 0 aliphatic rings. The highest BCUT2D eigenvalue weighted by molar-refractivity contribution is 6.14. The molecule has 1 amide bonds. The van der Waals surface area contributed by atoms with E-state index < -0.39 is 0 Å². The SMILES string of the molecule is O=C(Nc1ccc(-c2ccccc2)cc1)c1c(O)ccc2ccccc12. The zero-order valence-corrected chi connectivity index (χ0v) is 14.0. The lowest BCUT2D eigenvalue weighted by Gasteiger charge is -2.10. The van der Waals surface area contributed by atoms with Crippen molar-refractivity contribution >= 4 is 22.4 Å². The Morgan fingerprint density at radius 3 is 2.12 bits per heavy atom. The highest BCUT2D eigenvalue weighted by atomic mass is 16.3. The molecule has 4 rings (SSSR count). The highest BCUT2D eigenvalue weighted by Crippen LogP contribution is 2.28. The molecule has 26 heavy (non-hydrogen) atoms. The van der Waals surface area contributed by atoms with Gasteiger partial charge in [0.05, 0.1) is 5.56 Å². The summed E-state index contributed by atoms with van der Waals surface area (Å²) in [6.45, 7) is 0. The zero-order chi connectivity index (χ0) is 17.9. The van der Waals surface area contributed by atoms with Gasteiger partial charge in [-0.1, -0.05) is 72.8 Å². The number of benzene rings is 4. The Labute approximate surface area is 151 Å². The fraction of sp³-hybridized carbons (Fsp3) is 0. The van der Waals surface area contributed by atoms with Crippen LogP contribution < -0.4 is 5.32 Å². The molecule has 4 aromatic carbocycles.